The molecule has 3 nitrogen and oxygen atoms in total. The molecule has 0 saturated carbocycles. The van der Waals surface area contributed by atoms with Crippen LogP contribution in [0.5, 0.6) is 0 Å². The van der Waals surface area contributed by atoms with Crippen LogP contribution in [-0.4, -0.2) is 9.13 Å². The topological polar surface area (TPSA) is 23.0 Å². The maximum absolute atomic E-state index is 6.67. The summed E-state index contributed by atoms with van der Waals surface area (Å²) in [6.07, 6.45) is 0. The van der Waals surface area contributed by atoms with Crippen molar-refractivity contribution < 1.29 is 4.42 Å². The SMILES string of the molecule is c1ccc(-n2c3ccccc3c3cc(-c4cc5c(cc4-c4cccc6c4oc4ccccc46)c4ccccc4n5-c4ccccc4)ccc32)cc1. The lowest BCUT2D eigenvalue weighted by molar-refractivity contribution is 0.670. The second-order valence-electron chi connectivity index (χ2n) is 13.3. The van der Waals surface area contributed by atoms with Gasteiger partial charge in [0.05, 0.1) is 22.1 Å². The fourth-order valence-corrected chi connectivity index (χ4v) is 8.29. The molecule has 51 heavy (non-hydrogen) atoms. The summed E-state index contributed by atoms with van der Waals surface area (Å²) in [7, 11) is 0. The Kier molecular flexibility index (Phi) is 5.96. The summed E-state index contributed by atoms with van der Waals surface area (Å²) in [6.45, 7) is 0. The smallest absolute Gasteiger partial charge is 0.143 e. The van der Waals surface area contributed by atoms with Gasteiger partial charge in [0.1, 0.15) is 11.2 Å². The molecule has 11 rings (SSSR count). The van der Waals surface area contributed by atoms with Crippen molar-refractivity contribution in [1.29, 1.82) is 0 Å². The molecule has 0 aliphatic carbocycles. The Morgan fingerprint density at radius 3 is 1.57 bits per heavy atom. The Balaban J connectivity index is 1.27. The first-order valence-corrected chi connectivity index (χ1v) is 17.4. The normalized spacial score (nSPS) is 11.9. The number of benzene rings is 8. The van der Waals surface area contributed by atoms with E-state index in [1.807, 2.05) is 6.07 Å². The van der Waals surface area contributed by atoms with Gasteiger partial charge in [0.25, 0.3) is 0 Å². The van der Waals surface area contributed by atoms with Gasteiger partial charge in [-0.2, -0.15) is 0 Å². The molecule has 0 aliphatic heterocycles. The Labute approximate surface area is 293 Å². The number of furan rings is 1. The molecule has 0 amide bonds. The zero-order valence-electron chi connectivity index (χ0n) is 27.6. The van der Waals surface area contributed by atoms with Crippen LogP contribution >= 0.6 is 0 Å². The molecule has 0 N–H and O–H groups in total. The van der Waals surface area contributed by atoms with Crippen molar-refractivity contribution in [3.8, 4) is 33.6 Å². The first kappa shape index (κ1) is 28.0. The molecule has 0 bridgehead atoms. The predicted octanol–water partition coefficient (Wildman–Crippen LogP) is 13.1. The van der Waals surface area contributed by atoms with E-state index in [0.29, 0.717) is 0 Å². The largest absolute Gasteiger partial charge is 0.455 e. The van der Waals surface area contributed by atoms with Crippen LogP contribution < -0.4 is 0 Å². The standard InChI is InChI=1S/C48H30N2O/c1-3-14-32(15-4-1)49-43-23-10-7-18-34(43)41-28-31(26-27-45(41)49)39-30-46-42(35-19-8-11-24-44(35)50(46)33-16-5-2-6-17-33)29-40(39)38-22-13-21-37-36-20-9-12-25-47(36)51-48(37)38/h1-30H. The molecule has 8 aromatic carbocycles. The third-order valence-corrected chi connectivity index (χ3v) is 10.5. The highest BCUT2D eigenvalue weighted by atomic mass is 16.3. The third kappa shape index (κ3) is 4.12. The van der Waals surface area contributed by atoms with Gasteiger partial charge < -0.3 is 13.6 Å². The molecule has 3 heterocycles. The highest BCUT2D eigenvalue weighted by Crippen LogP contribution is 2.45. The summed E-state index contributed by atoms with van der Waals surface area (Å²) in [5.74, 6) is 0. The molecule has 3 heteroatoms. The van der Waals surface area contributed by atoms with Crippen LogP contribution in [0.25, 0.3) is 99.2 Å². The van der Waals surface area contributed by atoms with Crippen LogP contribution in [0.15, 0.2) is 186 Å². The van der Waals surface area contributed by atoms with E-state index in [9.17, 15) is 0 Å². The fourth-order valence-electron chi connectivity index (χ4n) is 8.29. The van der Waals surface area contributed by atoms with E-state index < -0.39 is 0 Å². The van der Waals surface area contributed by atoms with Crippen LogP contribution in [0.3, 0.4) is 0 Å². The van der Waals surface area contributed by atoms with Crippen molar-refractivity contribution in [2.75, 3.05) is 0 Å². The van der Waals surface area contributed by atoms with Crippen molar-refractivity contribution in [3.05, 3.63) is 182 Å². The first-order valence-electron chi connectivity index (χ1n) is 17.4. The number of hydrogen-bond acceptors (Lipinski definition) is 1. The van der Waals surface area contributed by atoms with Crippen LogP contribution in [0.1, 0.15) is 0 Å². The average molecular weight is 651 g/mol. The van der Waals surface area contributed by atoms with E-state index in [1.165, 1.54) is 43.6 Å². The highest BCUT2D eigenvalue weighted by molar-refractivity contribution is 6.17. The van der Waals surface area contributed by atoms with Gasteiger partial charge in [-0.05, 0) is 83.4 Å². The Hall–Kier alpha value is -6.84. The minimum absolute atomic E-state index is 0.901. The minimum atomic E-state index is 0.901. The molecule has 0 radical (unpaired) electrons. The van der Waals surface area contributed by atoms with Crippen LogP contribution in [0.4, 0.5) is 0 Å². The van der Waals surface area contributed by atoms with E-state index in [4.69, 9.17) is 4.42 Å². The molecule has 0 aliphatic rings. The van der Waals surface area contributed by atoms with Gasteiger partial charge in [-0.1, -0.05) is 115 Å². The van der Waals surface area contributed by atoms with E-state index in [2.05, 4.69) is 185 Å². The average Bonchev–Trinajstić information content (AvgIpc) is 3.85. The number of aromatic nitrogens is 2. The van der Waals surface area contributed by atoms with Crippen molar-refractivity contribution >= 4 is 65.6 Å². The molecular formula is C48H30N2O. The zero-order chi connectivity index (χ0) is 33.5. The number of nitrogens with zero attached hydrogens (tertiary/aromatic N) is 2. The van der Waals surface area contributed by atoms with Gasteiger partial charge in [0.2, 0.25) is 0 Å². The van der Waals surface area contributed by atoms with Gasteiger partial charge in [0, 0.05) is 49.3 Å². The van der Waals surface area contributed by atoms with Crippen molar-refractivity contribution in [1.82, 2.24) is 9.13 Å². The Bertz CT molecular complexity index is 3130. The Morgan fingerprint density at radius 1 is 0.314 bits per heavy atom. The molecule has 3 aromatic heterocycles. The van der Waals surface area contributed by atoms with Crippen molar-refractivity contribution in [2.24, 2.45) is 0 Å². The summed E-state index contributed by atoms with van der Waals surface area (Å²) in [6, 6.07) is 65.5. The second-order valence-corrected chi connectivity index (χ2v) is 13.3. The molecule has 11 aromatic rings. The summed E-state index contributed by atoms with van der Waals surface area (Å²) in [5.41, 5.74) is 13.4. The maximum Gasteiger partial charge on any atom is 0.143 e. The van der Waals surface area contributed by atoms with Gasteiger partial charge in [0.15, 0.2) is 0 Å². The van der Waals surface area contributed by atoms with Gasteiger partial charge in [-0.25, -0.2) is 0 Å². The summed E-state index contributed by atoms with van der Waals surface area (Å²) >= 11 is 0. The molecule has 0 atom stereocenters. The number of rotatable bonds is 4. The molecule has 0 spiro atoms. The van der Waals surface area contributed by atoms with E-state index in [0.717, 1.165) is 55.6 Å². The maximum atomic E-state index is 6.67. The zero-order valence-corrected chi connectivity index (χ0v) is 27.6. The van der Waals surface area contributed by atoms with Crippen molar-refractivity contribution in [2.45, 2.75) is 0 Å². The van der Waals surface area contributed by atoms with Crippen molar-refractivity contribution in [3.63, 3.8) is 0 Å². The lowest BCUT2D eigenvalue weighted by atomic mass is 9.91. The quantitative estimate of drug-likeness (QED) is 0.186. The predicted molar refractivity (Wildman–Crippen MR) is 213 cm³/mol. The fraction of sp³-hybridized carbons (Fsp3) is 0. The lowest BCUT2D eigenvalue weighted by Gasteiger charge is -2.14. The van der Waals surface area contributed by atoms with E-state index in [1.54, 1.807) is 0 Å². The van der Waals surface area contributed by atoms with Gasteiger partial charge in [-0.15, -0.1) is 0 Å². The molecular weight excluding hydrogens is 621 g/mol. The second kappa shape index (κ2) is 10.8. The number of hydrogen-bond donors (Lipinski definition) is 0. The van der Waals surface area contributed by atoms with E-state index in [-0.39, 0.29) is 0 Å². The Morgan fingerprint density at radius 2 is 0.863 bits per heavy atom. The van der Waals surface area contributed by atoms with Gasteiger partial charge >= 0.3 is 0 Å². The summed E-state index contributed by atoms with van der Waals surface area (Å²) in [4.78, 5) is 0. The van der Waals surface area contributed by atoms with Crippen LogP contribution in [0, 0.1) is 0 Å². The van der Waals surface area contributed by atoms with E-state index >= 15 is 0 Å². The molecule has 0 unspecified atom stereocenters. The molecule has 0 saturated heterocycles. The van der Waals surface area contributed by atoms with Crippen LogP contribution in [-0.2, 0) is 0 Å². The molecule has 238 valence electrons. The molecule has 0 fully saturated rings. The van der Waals surface area contributed by atoms with Gasteiger partial charge in [-0.3, -0.25) is 0 Å². The lowest BCUT2D eigenvalue weighted by Crippen LogP contribution is -1.95. The minimum Gasteiger partial charge on any atom is -0.455 e. The number of fused-ring (bicyclic) bond motifs is 9. The monoisotopic (exact) mass is 650 g/mol. The third-order valence-electron chi connectivity index (χ3n) is 10.5. The van der Waals surface area contributed by atoms with Crippen LogP contribution in [0.2, 0.25) is 0 Å². The summed E-state index contributed by atoms with van der Waals surface area (Å²) in [5, 5.41) is 7.16. The summed E-state index contributed by atoms with van der Waals surface area (Å²) < 4.78 is 11.5. The highest BCUT2D eigenvalue weighted by Gasteiger charge is 2.21. The first-order chi connectivity index (χ1) is 25.3. The number of para-hydroxylation sites is 6.